The van der Waals surface area contributed by atoms with E-state index in [1.807, 2.05) is 18.2 Å². The molecule has 2 aliphatic rings. The summed E-state index contributed by atoms with van der Waals surface area (Å²) in [6, 6.07) is 5.71. The number of benzene rings is 1. The molecule has 1 fully saturated rings. The molecule has 3 nitrogen and oxygen atoms in total. The first-order valence-corrected chi connectivity index (χ1v) is 7.49. The highest BCUT2D eigenvalue weighted by Crippen LogP contribution is 2.34. The first-order valence-electron chi connectivity index (χ1n) is 6.37. The zero-order valence-electron chi connectivity index (χ0n) is 10.2. The lowest BCUT2D eigenvalue weighted by Gasteiger charge is -2.41. The van der Waals surface area contributed by atoms with E-state index in [1.165, 1.54) is 6.42 Å². The van der Waals surface area contributed by atoms with Gasteiger partial charge in [-0.1, -0.05) is 15.9 Å². The number of carbonyl (C=O) groups is 1. The van der Waals surface area contributed by atoms with Gasteiger partial charge in [0.1, 0.15) is 5.75 Å². The molecule has 96 valence electrons. The first-order chi connectivity index (χ1) is 8.72. The van der Waals surface area contributed by atoms with Crippen molar-refractivity contribution in [1.82, 2.24) is 5.32 Å². The summed E-state index contributed by atoms with van der Waals surface area (Å²) in [4.78, 5) is 12.2. The van der Waals surface area contributed by atoms with E-state index in [0.717, 1.165) is 48.1 Å². The number of hydrogen-bond acceptors (Lipinski definition) is 2. The van der Waals surface area contributed by atoms with Gasteiger partial charge in [-0.05, 0) is 43.0 Å². The fourth-order valence-electron chi connectivity index (χ4n) is 2.54. The van der Waals surface area contributed by atoms with Crippen LogP contribution >= 0.6 is 15.9 Å². The number of nitrogens with one attached hydrogen (secondary N) is 1. The van der Waals surface area contributed by atoms with Crippen molar-refractivity contribution < 1.29 is 9.53 Å². The summed E-state index contributed by atoms with van der Waals surface area (Å²) in [5.74, 6) is 0.953. The smallest absolute Gasteiger partial charge is 0.251 e. The van der Waals surface area contributed by atoms with Crippen LogP contribution in [0.25, 0.3) is 0 Å². The Hall–Kier alpha value is -1.03. The molecule has 18 heavy (non-hydrogen) atoms. The zero-order valence-corrected chi connectivity index (χ0v) is 11.8. The van der Waals surface area contributed by atoms with Crippen LogP contribution in [0.5, 0.6) is 5.75 Å². The lowest BCUT2D eigenvalue weighted by molar-refractivity contribution is 0.0856. The van der Waals surface area contributed by atoms with Crippen LogP contribution in [0.15, 0.2) is 18.2 Å². The molecule has 4 heteroatoms. The van der Waals surface area contributed by atoms with Gasteiger partial charge >= 0.3 is 0 Å². The normalized spacial score (nSPS) is 19.6. The van der Waals surface area contributed by atoms with Crippen LogP contribution in [0.2, 0.25) is 0 Å². The first kappa shape index (κ1) is 12.0. The highest BCUT2D eigenvalue weighted by Gasteiger charge is 2.37. The summed E-state index contributed by atoms with van der Waals surface area (Å²) in [5, 5.41) is 3.99. The van der Waals surface area contributed by atoms with Gasteiger partial charge in [0.15, 0.2) is 0 Å². The lowest BCUT2D eigenvalue weighted by Crippen LogP contribution is -2.54. The molecule has 0 spiro atoms. The van der Waals surface area contributed by atoms with Crippen LogP contribution in [-0.2, 0) is 6.42 Å². The standard InChI is InChI=1S/C14H16BrNO2/c15-9-14(5-1-6-14)16-13(17)11-2-3-12-10(8-11)4-7-18-12/h2-3,8H,1,4-7,9H2,(H,16,17). The third kappa shape index (κ3) is 2.03. The Balaban J connectivity index is 1.76. The monoisotopic (exact) mass is 309 g/mol. The van der Waals surface area contributed by atoms with Crippen LogP contribution in [0.4, 0.5) is 0 Å². The summed E-state index contributed by atoms with van der Waals surface area (Å²) < 4.78 is 5.45. The Morgan fingerprint density at radius 2 is 2.28 bits per heavy atom. The molecule has 0 radical (unpaired) electrons. The molecule has 1 N–H and O–H groups in total. The van der Waals surface area contributed by atoms with Crippen molar-refractivity contribution >= 4 is 21.8 Å². The number of carbonyl (C=O) groups excluding carboxylic acids is 1. The minimum atomic E-state index is -0.0212. The molecule has 0 aromatic heterocycles. The highest BCUT2D eigenvalue weighted by molar-refractivity contribution is 9.09. The molecule has 3 rings (SSSR count). The molecule has 1 aromatic carbocycles. The summed E-state index contributed by atoms with van der Waals surface area (Å²) >= 11 is 3.50. The zero-order chi connectivity index (χ0) is 12.6. The quantitative estimate of drug-likeness (QED) is 0.872. The Morgan fingerprint density at radius 1 is 1.44 bits per heavy atom. The van der Waals surface area contributed by atoms with E-state index in [4.69, 9.17) is 4.74 Å². The number of amides is 1. The molecule has 1 saturated carbocycles. The Labute approximate surface area is 115 Å². The molecule has 1 aliphatic heterocycles. The average molecular weight is 310 g/mol. The Morgan fingerprint density at radius 3 is 2.94 bits per heavy atom. The fraction of sp³-hybridized carbons (Fsp3) is 0.500. The predicted molar refractivity (Wildman–Crippen MR) is 73.5 cm³/mol. The van der Waals surface area contributed by atoms with E-state index in [-0.39, 0.29) is 11.4 Å². The molecule has 1 aliphatic carbocycles. The molecule has 1 amide bonds. The van der Waals surface area contributed by atoms with Crippen LogP contribution in [0, 0.1) is 0 Å². The third-order valence-electron chi connectivity index (χ3n) is 3.90. The van der Waals surface area contributed by atoms with Gasteiger partial charge in [-0.3, -0.25) is 4.79 Å². The van der Waals surface area contributed by atoms with Crippen molar-refractivity contribution in [3.8, 4) is 5.75 Å². The number of hydrogen-bond donors (Lipinski definition) is 1. The number of alkyl halides is 1. The van der Waals surface area contributed by atoms with E-state index < -0.39 is 0 Å². The van der Waals surface area contributed by atoms with E-state index in [1.54, 1.807) is 0 Å². The van der Waals surface area contributed by atoms with Crippen molar-refractivity contribution in [1.29, 1.82) is 0 Å². The summed E-state index contributed by atoms with van der Waals surface area (Å²) in [6.45, 7) is 0.728. The predicted octanol–water partition coefficient (Wildman–Crippen LogP) is 2.67. The maximum absolute atomic E-state index is 12.2. The van der Waals surface area contributed by atoms with Gasteiger partial charge in [-0.25, -0.2) is 0 Å². The van der Waals surface area contributed by atoms with Crippen LogP contribution in [0.1, 0.15) is 35.2 Å². The van der Waals surface area contributed by atoms with Crippen molar-refractivity contribution in [3.05, 3.63) is 29.3 Å². The van der Waals surface area contributed by atoms with Gasteiger partial charge in [0.25, 0.3) is 5.91 Å². The van der Waals surface area contributed by atoms with E-state index in [0.29, 0.717) is 0 Å². The third-order valence-corrected chi connectivity index (χ3v) is 4.97. The molecule has 0 atom stereocenters. The minimum absolute atomic E-state index is 0.0212. The second-order valence-corrected chi connectivity index (χ2v) is 5.70. The maximum atomic E-state index is 12.2. The fourth-order valence-corrected chi connectivity index (χ4v) is 3.24. The minimum Gasteiger partial charge on any atom is -0.493 e. The van der Waals surface area contributed by atoms with Crippen LogP contribution in [0.3, 0.4) is 0 Å². The van der Waals surface area contributed by atoms with Crippen molar-refractivity contribution in [2.24, 2.45) is 0 Å². The van der Waals surface area contributed by atoms with Crippen LogP contribution in [-0.4, -0.2) is 23.4 Å². The summed E-state index contributed by atoms with van der Waals surface area (Å²) in [6.07, 6.45) is 4.24. The SMILES string of the molecule is O=C(NC1(CBr)CCC1)c1ccc2c(c1)CCO2. The topological polar surface area (TPSA) is 38.3 Å². The second-order valence-electron chi connectivity index (χ2n) is 5.14. The van der Waals surface area contributed by atoms with E-state index in [2.05, 4.69) is 21.2 Å². The highest BCUT2D eigenvalue weighted by atomic mass is 79.9. The molecule has 1 heterocycles. The van der Waals surface area contributed by atoms with Gasteiger partial charge in [-0.2, -0.15) is 0 Å². The Bertz CT molecular complexity index is 477. The van der Waals surface area contributed by atoms with Crippen molar-refractivity contribution in [2.45, 2.75) is 31.2 Å². The summed E-state index contributed by atoms with van der Waals surface area (Å²) in [7, 11) is 0. The number of ether oxygens (including phenoxy) is 1. The largest absolute Gasteiger partial charge is 0.493 e. The second kappa shape index (κ2) is 4.57. The van der Waals surface area contributed by atoms with Crippen molar-refractivity contribution in [3.63, 3.8) is 0 Å². The maximum Gasteiger partial charge on any atom is 0.251 e. The molecular weight excluding hydrogens is 294 g/mol. The van der Waals surface area contributed by atoms with Gasteiger partial charge in [0.05, 0.1) is 12.1 Å². The van der Waals surface area contributed by atoms with Crippen molar-refractivity contribution in [2.75, 3.05) is 11.9 Å². The van der Waals surface area contributed by atoms with Gasteiger partial charge in [0, 0.05) is 17.3 Å². The molecular formula is C14H16BrNO2. The number of rotatable bonds is 3. The Kier molecular flexibility index (Phi) is 3.06. The van der Waals surface area contributed by atoms with Gasteiger partial charge in [-0.15, -0.1) is 0 Å². The van der Waals surface area contributed by atoms with E-state index in [9.17, 15) is 4.79 Å². The number of fused-ring (bicyclic) bond motifs is 1. The number of halogens is 1. The average Bonchev–Trinajstić information content (AvgIpc) is 2.80. The van der Waals surface area contributed by atoms with Gasteiger partial charge in [0.2, 0.25) is 0 Å². The molecule has 0 bridgehead atoms. The molecule has 0 saturated heterocycles. The molecule has 1 aromatic rings. The lowest BCUT2D eigenvalue weighted by atomic mass is 9.78. The summed E-state index contributed by atoms with van der Waals surface area (Å²) in [5.41, 5.74) is 1.86. The van der Waals surface area contributed by atoms with E-state index >= 15 is 0 Å². The molecule has 0 unspecified atom stereocenters. The van der Waals surface area contributed by atoms with Crippen LogP contribution < -0.4 is 10.1 Å². The van der Waals surface area contributed by atoms with Gasteiger partial charge < -0.3 is 10.1 Å².